The predicted octanol–water partition coefficient (Wildman–Crippen LogP) is 1.42. The molecule has 0 aliphatic rings. The highest BCUT2D eigenvalue weighted by Crippen LogP contribution is 2.21. The van der Waals surface area contributed by atoms with Crippen LogP contribution in [-0.4, -0.2) is 36.7 Å². The van der Waals surface area contributed by atoms with Crippen molar-refractivity contribution >= 4 is 29.4 Å². The summed E-state index contributed by atoms with van der Waals surface area (Å²) < 4.78 is 1.87. The third-order valence-corrected chi connectivity index (χ3v) is 4.39. The Labute approximate surface area is 156 Å². The van der Waals surface area contributed by atoms with Crippen LogP contribution in [0.25, 0.3) is 16.9 Å². The zero-order valence-corrected chi connectivity index (χ0v) is 14.7. The molecule has 7 nitrogen and oxygen atoms in total. The normalized spacial score (nSPS) is 10.9. The van der Waals surface area contributed by atoms with Gasteiger partial charge in [-0.2, -0.15) is 4.98 Å². The number of nitrogens with one attached hydrogen (secondary N) is 1. The van der Waals surface area contributed by atoms with Crippen LogP contribution < -0.4 is 10.8 Å². The zero-order valence-electron chi connectivity index (χ0n) is 14.7. The second-order valence-corrected chi connectivity index (χ2v) is 6.22. The smallest absolute Gasteiger partial charge is 0.423 e. The molecule has 4 rings (SSSR count). The summed E-state index contributed by atoms with van der Waals surface area (Å²) in [5.74, 6) is 0.945. The maximum Gasteiger partial charge on any atom is 0.489 e. The van der Waals surface area contributed by atoms with Crippen LogP contribution in [0.4, 0.5) is 5.95 Å². The molecule has 134 valence electrons. The molecule has 0 atom stereocenters. The Morgan fingerprint density at radius 2 is 1.85 bits per heavy atom. The summed E-state index contributed by atoms with van der Waals surface area (Å²) in [6.45, 7) is 2.53. The minimum absolute atomic E-state index is 0.450. The fourth-order valence-corrected chi connectivity index (χ4v) is 3.13. The molecule has 0 fully saturated rings. The standard InChI is InChI=1S/C19H18BN5O2/c1-13-10-15-16(20(26)27)8-5-9-17(15)25(13)19-23-12-22-18(24-19)21-11-14-6-3-2-4-7-14/h2-10,12,26-27H,11H2,1H3,(H,21,22,23,24). The van der Waals surface area contributed by atoms with E-state index in [0.29, 0.717) is 23.9 Å². The molecule has 0 aliphatic heterocycles. The van der Waals surface area contributed by atoms with Gasteiger partial charge in [0.1, 0.15) is 6.33 Å². The average Bonchev–Trinajstić information content (AvgIpc) is 3.03. The van der Waals surface area contributed by atoms with Gasteiger partial charge >= 0.3 is 7.12 Å². The van der Waals surface area contributed by atoms with Crippen LogP contribution >= 0.6 is 0 Å². The van der Waals surface area contributed by atoms with Crippen molar-refractivity contribution < 1.29 is 10.0 Å². The van der Waals surface area contributed by atoms with Gasteiger partial charge in [0, 0.05) is 17.6 Å². The minimum atomic E-state index is -1.54. The Bertz CT molecular complexity index is 1080. The largest absolute Gasteiger partial charge is 0.489 e. The van der Waals surface area contributed by atoms with Crippen LogP contribution in [0.15, 0.2) is 60.9 Å². The second-order valence-electron chi connectivity index (χ2n) is 6.22. The van der Waals surface area contributed by atoms with E-state index < -0.39 is 7.12 Å². The van der Waals surface area contributed by atoms with E-state index in [0.717, 1.165) is 22.2 Å². The lowest BCUT2D eigenvalue weighted by Crippen LogP contribution is -2.30. The summed E-state index contributed by atoms with van der Waals surface area (Å²) in [5, 5.41) is 23.2. The zero-order chi connectivity index (χ0) is 18.8. The van der Waals surface area contributed by atoms with Crippen LogP contribution in [0.3, 0.4) is 0 Å². The van der Waals surface area contributed by atoms with Crippen LogP contribution in [-0.2, 0) is 6.54 Å². The first-order valence-corrected chi connectivity index (χ1v) is 8.58. The molecule has 4 aromatic rings. The lowest BCUT2D eigenvalue weighted by molar-refractivity contribution is 0.426. The second kappa shape index (κ2) is 7.18. The van der Waals surface area contributed by atoms with Gasteiger partial charge in [-0.15, -0.1) is 0 Å². The first-order chi connectivity index (χ1) is 13.1. The topological polar surface area (TPSA) is 96.1 Å². The molecule has 3 N–H and O–H groups in total. The Kier molecular flexibility index (Phi) is 4.58. The fraction of sp³-hybridized carbons (Fsp3) is 0.105. The molecular weight excluding hydrogens is 341 g/mol. The number of fused-ring (bicyclic) bond motifs is 1. The average molecular weight is 359 g/mol. The summed E-state index contributed by atoms with van der Waals surface area (Å²) in [6, 6.07) is 17.3. The summed E-state index contributed by atoms with van der Waals surface area (Å²) >= 11 is 0. The van der Waals surface area contributed by atoms with E-state index in [-0.39, 0.29) is 0 Å². The summed E-state index contributed by atoms with van der Waals surface area (Å²) in [5.41, 5.74) is 3.27. The van der Waals surface area contributed by atoms with Gasteiger partial charge in [-0.25, -0.2) is 9.97 Å². The minimum Gasteiger partial charge on any atom is -0.423 e. The molecule has 0 unspecified atom stereocenters. The number of hydrogen-bond donors (Lipinski definition) is 3. The molecule has 0 saturated carbocycles. The van der Waals surface area contributed by atoms with Gasteiger partial charge in [-0.1, -0.05) is 42.5 Å². The predicted molar refractivity (Wildman–Crippen MR) is 105 cm³/mol. The highest BCUT2D eigenvalue weighted by Gasteiger charge is 2.19. The highest BCUT2D eigenvalue weighted by atomic mass is 16.4. The van der Waals surface area contributed by atoms with E-state index in [2.05, 4.69) is 20.3 Å². The molecule has 0 amide bonds. The summed E-state index contributed by atoms with van der Waals surface area (Å²) in [4.78, 5) is 13.0. The maximum atomic E-state index is 9.61. The molecule has 2 aromatic heterocycles. The van der Waals surface area contributed by atoms with Crippen LogP contribution in [0.1, 0.15) is 11.3 Å². The van der Waals surface area contributed by atoms with Gasteiger partial charge < -0.3 is 15.4 Å². The van der Waals surface area contributed by atoms with Crippen LogP contribution in [0.2, 0.25) is 0 Å². The monoisotopic (exact) mass is 359 g/mol. The third kappa shape index (κ3) is 3.40. The van der Waals surface area contributed by atoms with E-state index in [9.17, 15) is 10.0 Å². The Hall–Kier alpha value is -3.23. The molecule has 0 aliphatic carbocycles. The molecular formula is C19H18BN5O2. The van der Waals surface area contributed by atoms with Gasteiger partial charge in [0.2, 0.25) is 11.9 Å². The van der Waals surface area contributed by atoms with Crippen molar-refractivity contribution in [3.05, 3.63) is 72.2 Å². The molecule has 0 saturated heterocycles. The van der Waals surface area contributed by atoms with Gasteiger partial charge in [0.05, 0.1) is 5.52 Å². The number of aromatic nitrogens is 4. The molecule has 8 heteroatoms. The number of hydrogen-bond acceptors (Lipinski definition) is 6. The van der Waals surface area contributed by atoms with Crippen molar-refractivity contribution in [2.75, 3.05) is 5.32 Å². The van der Waals surface area contributed by atoms with E-state index in [1.165, 1.54) is 6.33 Å². The van der Waals surface area contributed by atoms with E-state index >= 15 is 0 Å². The Morgan fingerprint density at radius 1 is 1.04 bits per heavy atom. The number of rotatable bonds is 5. The summed E-state index contributed by atoms with van der Waals surface area (Å²) in [6.07, 6.45) is 1.46. The van der Waals surface area contributed by atoms with E-state index in [1.54, 1.807) is 12.1 Å². The number of anilines is 1. The first kappa shape index (κ1) is 17.2. The highest BCUT2D eigenvalue weighted by molar-refractivity contribution is 6.61. The lowest BCUT2D eigenvalue weighted by atomic mass is 9.78. The van der Waals surface area contributed by atoms with E-state index in [4.69, 9.17) is 0 Å². The molecule has 27 heavy (non-hydrogen) atoms. The van der Waals surface area contributed by atoms with Crippen molar-refractivity contribution in [3.63, 3.8) is 0 Å². The van der Waals surface area contributed by atoms with Crippen molar-refractivity contribution in [2.45, 2.75) is 13.5 Å². The van der Waals surface area contributed by atoms with Gasteiger partial charge in [-0.3, -0.25) is 4.57 Å². The Morgan fingerprint density at radius 3 is 2.63 bits per heavy atom. The van der Waals surface area contributed by atoms with Crippen molar-refractivity contribution in [2.24, 2.45) is 0 Å². The van der Waals surface area contributed by atoms with Crippen molar-refractivity contribution in [1.82, 2.24) is 19.5 Å². The van der Waals surface area contributed by atoms with Crippen LogP contribution in [0, 0.1) is 6.92 Å². The molecule has 2 aromatic carbocycles. The van der Waals surface area contributed by atoms with Gasteiger partial charge in [0.15, 0.2) is 0 Å². The van der Waals surface area contributed by atoms with Gasteiger partial charge in [0.25, 0.3) is 0 Å². The number of nitrogens with zero attached hydrogens (tertiary/aromatic N) is 4. The Balaban J connectivity index is 1.70. The van der Waals surface area contributed by atoms with Crippen LogP contribution in [0.5, 0.6) is 0 Å². The molecule has 0 bridgehead atoms. The number of benzene rings is 2. The third-order valence-electron chi connectivity index (χ3n) is 4.39. The number of aryl methyl sites for hydroxylation is 1. The first-order valence-electron chi connectivity index (χ1n) is 8.58. The van der Waals surface area contributed by atoms with Gasteiger partial charge in [-0.05, 0) is 30.1 Å². The van der Waals surface area contributed by atoms with E-state index in [1.807, 2.05) is 54.0 Å². The lowest BCUT2D eigenvalue weighted by Gasteiger charge is -2.09. The molecule has 0 radical (unpaired) electrons. The fourth-order valence-electron chi connectivity index (χ4n) is 3.13. The summed E-state index contributed by atoms with van der Waals surface area (Å²) in [7, 11) is -1.54. The molecule has 0 spiro atoms. The van der Waals surface area contributed by atoms with Crippen molar-refractivity contribution in [1.29, 1.82) is 0 Å². The quantitative estimate of drug-likeness (QED) is 0.467. The SMILES string of the molecule is Cc1cc2c(B(O)O)cccc2n1-c1ncnc(NCc2ccccc2)n1. The maximum absolute atomic E-state index is 9.61. The molecule has 2 heterocycles. The van der Waals surface area contributed by atoms with Crippen molar-refractivity contribution in [3.8, 4) is 5.95 Å².